The van der Waals surface area contributed by atoms with Crippen LogP contribution < -0.4 is 0 Å². The van der Waals surface area contributed by atoms with E-state index < -0.39 is 5.97 Å². The lowest BCUT2D eigenvalue weighted by Gasteiger charge is -2.04. The summed E-state index contributed by atoms with van der Waals surface area (Å²) < 4.78 is 9.86. The lowest BCUT2D eigenvalue weighted by Crippen LogP contribution is -2.06. The number of carbonyl (C=O) groups excluding carboxylic acids is 1. The molecule has 26 heavy (non-hydrogen) atoms. The Morgan fingerprint density at radius 2 is 2.04 bits per heavy atom. The molecule has 0 unspecified atom stereocenters. The second kappa shape index (κ2) is 5.95. The first-order valence-corrected chi connectivity index (χ1v) is 8.02. The van der Waals surface area contributed by atoms with Crippen LogP contribution in [0.4, 0.5) is 0 Å². The van der Waals surface area contributed by atoms with Gasteiger partial charge in [-0.15, -0.1) is 5.10 Å². The van der Waals surface area contributed by atoms with Crippen molar-refractivity contribution in [2.75, 3.05) is 7.11 Å². The summed E-state index contributed by atoms with van der Waals surface area (Å²) in [6, 6.07) is 1.79. The molecule has 132 valence electrons. The molecule has 10 heteroatoms. The molecular formula is C16H14ClN7O2. The molecule has 0 fully saturated rings. The monoisotopic (exact) mass is 371 g/mol. The fourth-order valence-corrected chi connectivity index (χ4v) is 3.04. The van der Waals surface area contributed by atoms with Gasteiger partial charge in [-0.1, -0.05) is 11.6 Å². The zero-order chi connectivity index (χ0) is 18.4. The molecule has 0 aliphatic heterocycles. The van der Waals surface area contributed by atoms with Crippen molar-refractivity contribution in [1.82, 2.24) is 33.9 Å². The van der Waals surface area contributed by atoms with Crippen LogP contribution >= 0.6 is 11.6 Å². The topological polar surface area (TPSA) is 92.1 Å². The molecule has 0 aliphatic rings. The molecule has 4 aromatic rings. The second-order valence-electron chi connectivity index (χ2n) is 5.67. The summed E-state index contributed by atoms with van der Waals surface area (Å²) in [5.41, 5.74) is 1.79. The van der Waals surface area contributed by atoms with Gasteiger partial charge in [0.15, 0.2) is 11.0 Å². The van der Waals surface area contributed by atoms with Crippen LogP contribution in [0.2, 0.25) is 5.15 Å². The minimum atomic E-state index is -0.539. The fraction of sp³-hybridized carbons (Fsp3) is 0.188. The number of hydrogen-bond acceptors (Lipinski definition) is 6. The molecule has 0 aliphatic carbocycles. The molecule has 0 spiro atoms. The molecule has 9 nitrogen and oxygen atoms in total. The van der Waals surface area contributed by atoms with Crippen LogP contribution in [0.15, 0.2) is 30.9 Å². The quantitative estimate of drug-likeness (QED) is 0.511. The van der Waals surface area contributed by atoms with Crippen molar-refractivity contribution in [3.05, 3.63) is 41.6 Å². The van der Waals surface area contributed by atoms with Gasteiger partial charge in [0.1, 0.15) is 5.52 Å². The van der Waals surface area contributed by atoms with Crippen LogP contribution in [-0.4, -0.2) is 47.0 Å². The Hall–Kier alpha value is -3.20. The van der Waals surface area contributed by atoms with Crippen LogP contribution in [0.1, 0.15) is 10.4 Å². The van der Waals surface area contributed by atoms with Gasteiger partial charge in [-0.2, -0.15) is 5.10 Å². The van der Waals surface area contributed by atoms with Gasteiger partial charge in [0.05, 0.1) is 18.4 Å². The van der Waals surface area contributed by atoms with Crippen LogP contribution in [0.5, 0.6) is 0 Å². The summed E-state index contributed by atoms with van der Waals surface area (Å²) in [7, 11) is 4.94. The lowest BCUT2D eigenvalue weighted by atomic mass is 10.1. The number of nitrogens with zero attached hydrogens (tertiary/aromatic N) is 7. The van der Waals surface area contributed by atoms with Gasteiger partial charge in [0.25, 0.3) is 0 Å². The van der Waals surface area contributed by atoms with E-state index in [0.29, 0.717) is 28.4 Å². The highest BCUT2D eigenvalue weighted by Crippen LogP contribution is 2.32. The summed E-state index contributed by atoms with van der Waals surface area (Å²) in [5, 5.41) is 8.95. The molecule has 4 rings (SSSR count). The predicted octanol–water partition coefficient (Wildman–Crippen LogP) is 1.97. The van der Waals surface area contributed by atoms with E-state index in [1.807, 2.05) is 7.05 Å². The van der Waals surface area contributed by atoms with Gasteiger partial charge in [0.2, 0.25) is 5.82 Å². The van der Waals surface area contributed by atoms with Crippen molar-refractivity contribution in [3.63, 3.8) is 0 Å². The molecule has 0 aromatic carbocycles. The third-order valence-electron chi connectivity index (χ3n) is 3.99. The number of rotatable bonds is 3. The van der Waals surface area contributed by atoms with E-state index in [1.165, 1.54) is 11.6 Å². The van der Waals surface area contributed by atoms with Crippen LogP contribution in [0.3, 0.4) is 0 Å². The molecular weight excluding hydrogens is 358 g/mol. The average Bonchev–Trinajstić information content (AvgIpc) is 3.31. The third-order valence-corrected chi connectivity index (χ3v) is 4.25. The molecule has 4 heterocycles. The number of hydrogen-bond donors (Lipinski definition) is 0. The zero-order valence-electron chi connectivity index (χ0n) is 14.2. The summed E-state index contributed by atoms with van der Waals surface area (Å²) in [6.07, 6.45) is 6.90. The van der Waals surface area contributed by atoms with Gasteiger partial charge in [0, 0.05) is 44.4 Å². The summed E-state index contributed by atoms with van der Waals surface area (Å²) in [5.74, 6) is 0.360. The third kappa shape index (κ3) is 2.44. The predicted molar refractivity (Wildman–Crippen MR) is 93.7 cm³/mol. The molecule has 0 radical (unpaired) electrons. The van der Waals surface area contributed by atoms with Crippen molar-refractivity contribution >= 4 is 23.1 Å². The van der Waals surface area contributed by atoms with E-state index in [9.17, 15) is 4.79 Å². The Balaban J connectivity index is 2.02. The number of aryl methyl sites for hydroxylation is 2. The highest BCUT2D eigenvalue weighted by Gasteiger charge is 2.25. The Morgan fingerprint density at radius 3 is 2.65 bits per heavy atom. The maximum atomic E-state index is 12.4. The standard InChI is InChI=1S/C16H14ClN7O2/c1-22-7-5-18-15(22)14-19-13(17)12-11(16(25)26-3)9(8-24(12)21-14)10-4-6-23(2)20-10/h4-8H,1-3H3. The van der Waals surface area contributed by atoms with Gasteiger partial charge in [-0.3, -0.25) is 4.68 Å². The van der Waals surface area contributed by atoms with Crippen molar-refractivity contribution < 1.29 is 9.53 Å². The second-order valence-corrected chi connectivity index (χ2v) is 6.02. The molecule has 0 bridgehead atoms. The van der Waals surface area contributed by atoms with E-state index in [0.717, 1.165) is 0 Å². The van der Waals surface area contributed by atoms with Gasteiger partial charge < -0.3 is 9.30 Å². The number of carbonyl (C=O) groups is 1. The SMILES string of the molecule is COC(=O)c1c(-c2ccn(C)n2)cn2nc(-c3nccn3C)nc(Cl)c12. The fourth-order valence-electron chi connectivity index (χ4n) is 2.78. The Labute approximate surface area is 152 Å². The van der Waals surface area contributed by atoms with E-state index in [1.54, 1.807) is 47.2 Å². The largest absolute Gasteiger partial charge is 0.465 e. The number of methoxy groups -OCH3 is 1. The van der Waals surface area contributed by atoms with E-state index in [-0.39, 0.29) is 10.7 Å². The van der Waals surface area contributed by atoms with E-state index in [4.69, 9.17) is 16.3 Å². The summed E-state index contributed by atoms with van der Waals surface area (Å²) in [4.78, 5) is 21.0. The number of fused-ring (bicyclic) bond motifs is 1. The smallest absolute Gasteiger partial charge is 0.340 e. The maximum Gasteiger partial charge on any atom is 0.340 e. The van der Waals surface area contributed by atoms with Gasteiger partial charge in [-0.05, 0) is 6.07 Å². The van der Waals surface area contributed by atoms with Crippen molar-refractivity contribution in [2.45, 2.75) is 0 Å². The molecule has 0 N–H and O–H groups in total. The van der Waals surface area contributed by atoms with Crippen LogP contribution in [-0.2, 0) is 18.8 Å². The number of aromatic nitrogens is 7. The normalized spacial score (nSPS) is 11.2. The number of ether oxygens (including phenoxy) is 1. The molecule has 0 saturated heterocycles. The Bertz CT molecular complexity index is 1140. The minimum absolute atomic E-state index is 0.126. The average molecular weight is 372 g/mol. The van der Waals surface area contributed by atoms with Crippen LogP contribution in [0.25, 0.3) is 28.4 Å². The minimum Gasteiger partial charge on any atom is -0.465 e. The first-order valence-electron chi connectivity index (χ1n) is 7.64. The number of halogens is 1. The number of esters is 1. The highest BCUT2D eigenvalue weighted by atomic mass is 35.5. The molecule has 0 atom stereocenters. The number of imidazole rings is 1. The lowest BCUT2D eigenvalue weighted by molar-refractivity contribution is 0.0604. The molecule has 0 saturated carbocycles. The molecule has 4 aromatic heterocycles. The molecule has 0 amide bonds. The maximum absolute atomic E-state index is 12.4. The zero-order valence-corrected chi connectivity index (χ0v) is 15.0. The first-order chi connectivity index (χ1) is 12.5. The van der Waals surface area contributed by atoms with Gasteiger partial charge >= 0.3 is 5.97 Å². The summed E-state index contributed by atoms with van der Waals surface area (Å²) >= 11 is 6.40. The first kappa shape index (κ1) is 16.3. The van der Waals surface area contributed by atoms with E-state index >= 15 is 0 Å². The van der Waals surface area contributed by atoms with E-state index in [2.05, 4.69) is 20.2 Å². The van der Waals surface area contributed by atoms with Crippen molar-refractivity contribution in [1.29, 1.82) is 0 Å². The highest BCUT2D eigenvalue weighted by molar-refractivity contribution is 6.34. The van der Waals surface area contributed by atoms with Crippen molar-refractivity contribution in [2.24, 2.45) is 14.1 Å². The Kier molecular flexibility index (Phi) is 3.73. The van der Waals surface area contributed by atoms with Crippen molar-refractivity contribution in [3.8, 4) is 22.9 Å². The van der Waals surface area contributed by atoms with Crippen LogP contribution in [0, 0.1) is 0 Å². The summed E-state index contributed by atoms with van der Waals surface area (Å²) in [6.45, 7) is 0. The Morgan fingerprint density at radius 1 is 1.23 bits per heavy atom. The van der Waals surface area contributed by atoms with Gasteiger partial charge in [-0.25, -0.2) is 19.3 Å².